The fourth-order valence-corrected chi connectivity index (χ4v) is 5.94. The van der Waals surface area contributed by atoms with Crippen LogP contribution >= 0.6 is 35.7 Å². The number of thioether (sulfide) groups is 2. The van der Waals surface area contributed by atoms with Gasteiger partial charge in [0.15, 0.2) is 5.78 Å². The lowest BCUT2D eigenvalue weighted by atomic mass is 9.96. The van der Waals surface area contributed by atoms with E-state index in [9.17, 15) is 4.79 Å². The van der Waals surface area contributed by atoms with Crippen molar-refractivity contribution in [1.82, 2.24) is 0 Å². The van der Waals surface area contributed by atoms with E-state index in [2.05, 4.69) is 24.0 Å². The number of fused-ring (bicyclic) bond motifs is 1. The van der Waals surface area contributed by atoms with E-state index in [0.717, 1.165) is 26.2 Å². The summed E-state index contributed by atoms with van der Waals surface area (Å²) in [4.78, 5) is 17.3. The highest BCUT2D eigenvalue weighted by Gasteiger charge is 2.41. The number of thiocarbonyl (C=S) groups is 1. The van der Waals surface area contributed by atoms with Gasteiger partial charge in [-0.05, 0) is 24.6 Å². The Morgan fingerprint density at radius 3 is 2.50 bits per heavy atom. The number of allylic oxidation sites excluding steroid dienone is 1. The number of para-hydroxylation sites is 1. The van der Waals surface area contributed by atoms with Crippen molar-refractivity contribution in [2.24, 2.45) is 0 Å². The fraction of sp³-hybridized carbons (Fsp3) is 0.158. The quantitative estimate of drug-likeness (QED) is 0.533. The predicted molar refractivity (Wildman–Crippen MR) is 107 cm³/mol. The van der Waals surface area contributed by atoms with Gasteiger partial charge in [-0.3, -0.25) is 4.79 Å². The van der Waals surface area contributed by atoms with Gasteiger partial charge in [-0.1, -0.05) is 78.2 Å². The number of hydrogen-bond acceptors (Lipinski definition) is 5. The summed E-state index contributed by atoms with van der Waals surface area (Å²) in [5.74, 6) is -0.179. The SMILES string of the molecule is CCN1C(=C2SC(=S)C(c3ccccc3)C2=O)Sc2ccccc21. The van der Waals surface area contributed by atoms with Crippen LogP contribution in [0, 0.1) is 0 Å². The second-order valence-electron chi connectivity index (χ2n) is 5.58. The van der Waals surface area contributed by atoms with E-state index >= 15 is 0 Å². The van der Waals surface area contributed by atoms with Crippen molar-refractivity contribution < 1.29 is 4.79 Å². The molecule has 1 atom stereocenters. The molecule has 2 aromatic rings. The van der Waals surface area contributed by atoms with Gasteiger partial charge in [0.25, 0.3) is 0 Å². The van der Waals surface area contributed by atoms with Crippen LogP contribution in [0.1, 0.15) is 18.4 Å². The predicted octanol–water partition coefficient (Wildman–Crippen LogP) is 5.21. The van der Waals surface area contributed by atoms with E-state index in [-0.39, 0.29) is 11.7 Å². The summed E-state index contributed by atoms with van der Waals surface area (Å²) >= 11 is 8.69. The Labute approximate surface area is 155 Å². The van der Waals surface area contributed by atoms with Crippen LogP contribution in [0.25, 0.3) is 0 Å². The number of benzene rings is 2. The van der Waals surface area contributed by atoms with Gasteiger partial charge in [-0.25, -0.2) is 0 Å². The van der Waals surface area contributed by atoms with Gasteiger partial charge < -0.3 is 4.90 Å². The van der Waals surface area contributed by atoms with Gasteiger partial charge in [-0.2, -0.15) is 0 Å². The Morgan fingerprint density at radius 1 is 1.04 bits per heavy atom. The molecule has 0 amide bonds. The van der Waals surface area contributed by atoms with Crippen molar-refractivity contribution in [3.05, 3.63) is 70.1 Å². The molecule has 0 saturated carbocycles. The topological polar surface area (TPSA) is 20.3 Å². The number of anilines is 1. The van der Waals surface area contributed by atoms with Crippen molar-refractivity contribution >= 4 is 51.4 Å². The van der Waals surface area contributed by atoms with Gasteiger partial charge in [0.1, 0.15) is 0 Å². The van der Waals surface area contributed by atoms with Crippen LogP contribution in [0.4, 0.5) is 5.69 Å². The summed E-state index contributed by atoms with van der Waals surface area (Å²) in [6, 6.07) is 18.1. The largest absolute Gasteiger partial charge is 0.334 e. The Bertz CT molecular complexity index is 860. The first-order valence-corrected chi connectivity index (χ1v) is 9.84. The van der Waals surface area contributed by atoms with Gasteiger partial charge in [0.05, 0.1) is 25.7 Å². The molecule has 0 aliphatic carbocycles. The first kappa shape index (κ1) is 15.9. The number of hydrogen-bond donors (Lipinski definition) is 0. The first-order chi connectivity index (χ1) is 11.7. The number of carbonyl (C=O) groups is 1. The number of ketones is 1. The van der Waals surface area contributed by atoms with Crippen molar-refractivity contribution in [3.8, 4) is 0 Å². The lowest BCUT2D eigenvalue weighted by Crippen LogP contribution is -2.19. The minimum Gasteiger partial charge on any atom is -0.334 e. The van der Waals surface area contributed by atoms with Gasteiger partial charge in [0.2, 0.25) is 0 Å². The minimum atomic E-state index is -0.309. The molecule has 0 bridgehead atoms. The molecule has 4 rings (SSSR count). The minimum absolute atomic E-state index is 0.130. The molecule has 5 heteroatoms. The van der Waals surface area contributed by atoms with Gasteiger partial charge in [-0.15, -0.1) is 0 Å². The molecule has 2 nitrogen and oxygen atoms in total. The summed E-state index contributed by atoms with van der Waals surface area (Å²) in [5.41, 5.74) is 2.16. The molecule has 2 aliphatic rings. The van der Waals surface area contributed by atoms with Gasteiger partial charge >= 0.3 is 0 Å². The third kappa shape index (κ3) is 2.51. The molecule has 0 radical (unpaired) electrons. The van der Waals surface area contributed by atoms with E-state index in [1.165, 1.54) is 22.3 Å². The normalized spacial score (nSPS) is 23.0. The van der Waals surface area contributed by atoms with Crippen LogP contribution in [-0.4, -0.2) is 16.5 Å². The molecule has 1 unspecified atom stereocenters. The number of rotatable bonds is 2. The van der Waals surface area contributed by atoms with E-state index < -0.39 is 0 Å². The summed E-state index contributed by atoms with van der Waals surface area (Å²) in [5, 5.41) is 1.02. The zero-order valence-corrected chi connectivity index (χ0v) is 15.5. The highest BCUT2D eigenvalue weighted by atomic mass is 32.2. The number of carbonyl (C=O) groups excluding carboxylic acids is 1. The maximum Gasteiger partial charge on any atom is 0.185 e. The Morgan fingerprint density at radius 2 is 1.75 bits per heavy atom. The lowest BCUT2D eigenvalue weighted by molar-refractivity contribution is -0.114. The molecular formula is C19H15NOS3. The highest BCUT2D eigenvalue weighted by molar-refractivity contribution is 8.27. The summed E-state index contributed by atoms with van der Waals surface area (Å²) < 4.78 is 0.751. The molecule has 2 heterocycles. The zero-order chi connectivity index (χ0) is 16.7. The summed E-state index contributed by atoms with van der Waals surface area (Å²) in [6.45, 7) is 2.94. The molecule has 24 heavy (non-hydrogen) atoms. The molecule has 0 aromatic heterocycles. The van der Waals surface area contributed by atoms with Crippen molar-refractivity contribution in [2.45, 2.75) is 17.7 Å². The third-order valence-corrected chi connectivity index (χ3v) is 7.01. The summed E-state index contributed by atoms with van der Waals surface area (Å²) in [7, 11) is 0. The standard InChI is InChI=1S/C19H15NOS3/c1-2-20-13-10-6-7-11-14(13)23-18(20)17-16(21)15(19(22)24-17)12-8-4-3-5-9-12/h3-11,15H,2H2,1H3. The fourth-order valence-electron chi connectivity index (χ4n) is 3.05. The van der Waals surface area contributed by atoms with Crippen LogP contribution in [0.15, 0.2) is 69.4 Å². The van der Waals surface area contributed by atoms with Crippen LogP contribution in [0.5, 0.6) is 0 Å². The molecule has 1 fully saturated rings. The zero-order valence-electron chi connectivity index (χ0n) is 13.1. The Kier molecular flexibility index (Phi) is 4.24. The Hall–Kier alpha value is -1.56. The average molecular weight is 370 g/mol. The molecule has 0 spiro atoms. The van der Waals surface area contributed by atoms with Crippen molar-refractivity contribution in [2.75, 3.05) is 11.4 Å². The second kappa shape index (κ2) is 6.39. The Balaban J connectivity index is 1.77. The monoisotopic (exact) mass is 369 g/mol. The molecule has 2 aromatic carbocycles. The van der Waals surface area contributed by atoms with E-state index in [1.807, 2.05) is 42.5 Å². The van der Waals surface area contributed by atoms with E-state index in [0.29, 0.717) is 0 Å². The van der Waals surface area contributed by atoms with Crippen LogP contribution in [-0.2, 0) is 4.79 Å². The van der Waals surface area contributed by atoms with Crippen LogP contribution < -0.4 is 4.90 Å². The number of Topliss-reactive ketones (excluding diaryl/α,β-unsaturated/α-hetero) is 1. The first-order valence-electron chi connectivity index (χ1n) is 7.80. The smallest absolute Gasteiger partial charge is 0.185 e. The second-order valence-corrected chi connectivity index (χ2v) is 8.36. The lowest BCUT2D eigenvalue weighted by Gasteiger charge is -2.19. The van der Waals surface area contributed by atoms with Crippen molar-refractivity contribution in [1.29, 1.82) is 0 Å². The molecule has 0 N–H and O–H groups in total. The molecule has 2 aliphatic heterocycles. The van der Waals surface area contributed by atoms with Crippen molar-refractivity contribution in [3.63, 3.8) is 0 Å². The highest BCUT2D eigenvalue weighted by Crippen LogP contribution is 2.52. The third-order valence-electron chi connectivity index (χ3n) is 4.18. The maximum absolute atomic E-state index is 13.1. The molecule has 120 valence electrons. The molecular weight excluding hydrogens is 354 g/mol. The maximum atomic E-state index is 13.1. The van der Waals surface area contributed by atoms with E-state index in [1.54, 1.807) is 11.8 Å². The van der Waals surface area contributed by atoms with Crippen LogP contribution in [0.2, 0.25) is 0 Å². The average Bonchev–Trinajstić information content (AvgIpc) is 3.12. The molecule has 1 saturated heterocycles. The van der Waals surface area contributed by atoms with Gasteiger partial charge in [0, 0.05) is 11.4 Å². The summed E-state index contributed by atoms with van der Waals surface area (Å²) in [6.07, 6.45) is 0. The van der Waals surface area contributed by atoms with Crippen LogP contribution in [0.3, 0.4) is 0 Å². The van der Waals surface area contributed by atoms with E-state index in [4.69, 9.17) is 12.2 Å². The number of nitrogens with zero attached hydrogens (tertiary/aromatic N) is 1.